The second kappa shape index (κ2) is 12.2. The number of carbonyl (C=O) groups excluding carboxylic acids is 1. The first-order valence-electron chi connectivity index (χ1n) is 14.4. The number of piperazine rings is 1. The summed E-state index contributed by atoms with van der Waals surface area (Å²) in [5.41, 5.74) is 2.69. The molecule has 3 heterocycles. The number of aryl methyl sites for hydroxylation is 1. The van der Waals surface area contributed by atoms with E-state index in [1.54, 1.807) is 17.2 Å². The van der Waals surface area contributed by atoms with E-state index in [2.05, 4.69) is 45.4 Å². The van der Waals surface area contributed by atoms with Gasteiger partial charge in [-0.2, -0.15) is 15.1 Å². The summed E-state index contributed by atoms with van der Waals surface area (Å²) in [7, 11) is 0. The Morgan fingerprint density at radius 3 is 2.67 bits per heavy atom. The molecule has 0 aliphatic carbocycles. The standard InChI is InChI=1S/C31H37ClFN7O2/c1-7-25(41)39-16-20(6)40(17-19(39)5)30-21-14-23(32)27(26-18(4)10-11-24-22(26)15-34-37-24)28(33)29(21)35-31(36-30)42-13-12-38(8-2)9-3/h7,10-11,14-15,19-20H,1,8-9,12-13,16-17H2,2-6H3,(H,34,37)/t19-,20+/m1/s1. The molecule has 42 heavy (non-hydrogen) atoms. The molecule has 1 aliphatic rings. The van der Waals surface area contributed by atoms with Crippen molar-refractivity contribution in [3.05, 3.63) is 53.5 Å². The van der Waals surface area contributed by atoms with E-state index in [9.17, 15) is 4.79 Å². The van der Waals surface area contributed by atoms with Crippen LogP contribution in [0.4, 0.5) is 10.2 Å². The first-order chi connectivity index (χ1) is 20.2. The lowest BCUT2D eigenvalue weighted by Gasteiger charge is -2.44. The number of amides is 1. The number of aromatic nitrogens is 4. The average Bonchev–Trinajstić information content (AvgIpc) is 3.46. The van der Waals surface area contributed by atoms with Gasteiger partial charge < -0.3 is 19.4 Å². The maximum absolute atomic E-state index is 16.8. The van der Waals surface area contributed by atoms with E-state index < -0.39 is 5.82 Å². The van der Waals surface area contributed by atoms with Crippen LogP contribution in [0.2, 0.25) is 5.02 Å². The van der Waals surface area contributed by atoms with Crippen molar-refractivity contribution >= 4 is 45.1 Å². The van der Waals surface area contributed by atoms with Crippen molar-refractivity contribution in [1.29, 1.82) is 0 Å². The molecule has 9 nitrogen and oxygen atoms in total. The lowest BCUT2D eigenvalue weighted by Crippen LogP contribution is -2.58. The van der Waals surface area contributed by atoms with Crippen molar-refractivity contribution < 1.29 is 13.9 Å². The number of hydrogen-bond acceptors (Lipinski definition) is 7. The van der Waals surface area contributed by atoms with Gasteiger partial charge in [-0.15, -0.1) is 0 Å². The summed E-state index contributed by atoms with van der Waals surface area (Å²) < 4.78 is 22.8. The van der Waals surface area contributed by atoms with E-state index in [-0.39, 0.29) is 40.1 Å². The zero-order valence-corrected chi connectivity index (χ0v) is 25.5. The van der Waals surface area contributed by atoms with Gasteiger partial charge in [0.25, 0.3) is 0 Å². The summed E-state index contributed by atoms with van der Waals surface area (Å²) in [6.07, 6.45) is 3.01. The maximum atomic E-state index is 16.8. The fraction of sp³-hybridized carbons (Fsp3) is 0.419. The van der Waals surface area contributed by atoms with Gasteiger partial charge >= 0.3 is 6.01 Å². The Morgan fingerprint density at radius 1 is 1.19 bits per heavy atom. The van der Waals surface area contributed by atoms with Crippen LogP contribution < -0.4 is 9.64 Å². The molecule has 0 saturated carbocycles. The zero-order chi connectivity index (χ0) is 30.1. The van der Waals surface area contributed by atoms with Gasteiger partial charge in [0.1, 0.15) is 17.9 Å². The van der Waals surface area contributed by atoms with Crippen molar-refractivity contribution in [1.82, 2.24) is 30.0 Å². The summed E-state index contributed by atoms with van der Waals surface area (Å²) in [6, 6.07) is 5.42. The minimum absolute atomic E-state index is 0.0968. The molecule has 1 aliphatic heterocycles. The molecule has 4 aromatic rings. The Morgan fingerprint density at radius 2 is 1.95 bits per heavy atom. The number of fused-ring (bicyclic) bond motifs is 2. The zero-order valence-electron chi connectivity index (χ0n) is 24.7. The van der Waals surface area contributed by atoms with E-state index >= 15 is 4.39 Å². The molecule has 1 amide bonds. The van der Waals surface area contributed by atoms with Gasteiger partial charge in [0.2, 0.25) is 5.91 Å². The van der Waals surface area contributed by atoms with Gasteiger partial charge in [-0.3, -0.25) is 9.89 Å². The Bertz CT molecular complexity index is 1640. The fourth-order valence-electron chi connectivity index (χ4n) is 5.78. The largest absolute Gasteiger partial charge is 0.462 e. The van der Waals surface area contributed by atoms with Gasteiger partial charge in [-0.1, -0.05) is 38.1 Å². The molecule has 5 rings (SSSR count). The molecule has 0 unspecified atom stereocenters. The van der Waals surface area contributed by atoms with E-state index in [0.717, 1.165) is 29.6 Å². The van der Waals surface area contributed by atoms with E-state index in [1.807, 2.05) is 32.9 Å². The summed E-state index contributed by atoms with van der Waals surface area (Å²) in [5, 5.41) is 8.62. The number of likely N-dealkylation sites (N-methyl/N-ethyl adjacent to an activating group) is 1. The second-order valence-corrected chi connectivity index (χ2v) is 11.2. The average molecular weight is 594 g/mol. The van der Waals surface area contributed by atoms with Gasteiger partial charge in [0.15, 0.2) is 5.82 Å². The molecule has 1 fully saturated rings. The Balaban J connectivity index is 1.66. The number of benzene rings is 2. The van der Waals surface area contributed by atoms with Gasteiger partial charge in [0.05, 0.1) is 16.7 Å². The van der Waals surface area contributed by atoms with Crippen LogP contribution in [0.5, 0.6) is 6.01 Å². The molecule has 222 valence electrons. The number of nitrogens with one attached hydrogen (secondary N) is 1. The number of nitrogens with zero attached hydrogens (tertiary/aromatic N) is 6. The summed E-state index contributed by atoms with van der Waals surface area (Å²) >= 11 is 6.89. The smallest absolute Gasteiger partial charge is 0.319 e. The van der Waals surface area contributed by atoms with Crippen LogP contribution in [0, 0.1) is 12.7 Å². The minimum atomic E-state index is -0.548. The first-order valence-corrected chi connectivity index (χ1v) is 14.7. The quantitative estimate of drug-likeness (QED) is 0.252. The first kappa shape index (κ1) is 29.7. The minimum Gasteiger partial charge on any atom is -0.462 e. The number of aromatic amines is 1. The lowest BCUT2D eigenvalue weighted by molar-refractivity contribution is -0.128. The summed E-state index contributed by atoms with van der Waals surface area (Å²) in [6.45, 7) is 17.5. The topological polar surface area (TPSA) is 90.5 Å². The van der Waals surface area contributed by atoms with Crippen molar-refractivity contribution in [3.63, 3.8) is 0 Å². The van der Waals surface area contributed by atoms with Crippen molar-refractivity contribution in [3.8, 4) is 17.1 Å². The summed E-state index contributed by atoms with van der Waals surface area (Å²) in [5.74, 6) is -0.148. The van der Waals surface area contributed by atoms with Crippen molar-refractivity contribution in [2.45, 2.75) is 46.7 Å². The second-order valence-electron chi connectivity index (χ2n) is 10.8. The number of halogens is 2. The highest BCUT2D eigenvalue weighted by molar-refractivity contribution is 6.35. The third kappa shape index (κ3) is 5.41. The van der Waals surface area contributed by atoms with Crippen LogP contribution in [-0.2, 0) is 4.79 Å². The van der Waals surface area contributed by atoms with Crippen LogP contribution >= 0.6 is 11.6 Å². The van der Waals surface area contributed by atoms with E-state index in [0.29, 0.717) is 43.0 Å². The monoisotopic (exact) mass is 593 g/mol. The number of hydrogen-bond donors (Lipinski definition) is 1. The molecular formula is C31H37ClFN7O2. The normalized spacial score (nSPS) is 17.4. The lowest BCUT2D eigenvalue weighted by atomic mass is 9.95. The number of anilines is 1. The number of ether oxygens (including phenoxy) is 1. The molecule has 0 bridgehead atoms. The van der Waals surface area contributed by atoms with Crippen LogP contribution in [0.1, 0.15) is 33.3 Å². The summed E-state index contributed by atoms with van der Waals surface area (Å²) in [4.78, 5) is 28.0. The fourth-order valence-corrected chi connectivity index (χ4v) is 6.07. The Kier molecular flexibility index (Phi) is 8.65. The molecular weight excluding hydrogens is 557 g/mol. The predicted octanol–water partition coefficient (Wildman–Crippen LogP) is 5.61. The molecule has 2 atom stereocenters. The number of rotatable bonds is 9. The molecule has 0 radical (unpaired) electrons. The highest BCUT2D eigenvalue weighted by Gasteiger charge is 2.34. The van der Waals surface area contributed by atoms with Crippen molar-refractivity contribution in [2.75, 3.05) is 44.2 Å². The maximum Gasteiger partial charge on any atom is 0.319 e. The molecule has 1 saturated heterocycles. The molecule has 11 heteroatoms. The Hall–Kier alpha value is -3.76. The Labute approximate surface area is 250 Å². The van der Waals surface area contributed by atoms with Gasteiger partial charge in [-0.05, 0) is 57.6 Å². The third-order valence-corrected chi connectivity index (χ3v) is 8.47. The number of carbonyl (C=O) groups is 1. The third-order valence-electron chi connectivity index (χ3n) is 8.17. The highest BCUT2D eigenvalue weighted by atomic mass is 35.5. The van der Waals surface area contributed by atoms with Gasteiger partial charge in [0, 0.05) is 53.6 Å². The molecule has 2 aromatic heterocycles. The molecule has 2 aromatic carbocycles. The number of H-pyrrole nitrogens is 1. The SMILES string of the molecule is C=CC(=O)N1C[C@H](C)N(c2nc(OCCN(CC)CC)nc3c(F)c(-c4c(C)ccc5[nH]ncc45)c(Cl)cc23)C[C@H]1C. The van der Waals surface area contributed by atoms with E-state index in [4.69, 9.17) is 21.3 Å². The van der Waals surface area contributed by atoms with Crippen LogP contribution in [0.3, 0.4) is 0 Å². The van der Waals surface area contributed by atoms with Gasteiger partial charge in [-0.25, -0.2) is 4.39 Å². The van der Waals surface area contributed by atoms with Crippen molar-refractivity contribution in [2.24, 2.45) is 0 Å². The van der Waals surface area contributed by atoms with Crippen LogP contribution in [0.15, 0.2) is 37.1 Å². The molecule has 0 spiro atoms. The molecule has 1 N–H and O–H groups in total. The van der Waals surface area contributed by atoms with Crippen LogP contribution in [-0.4, -0.2) is 87.3 Å². The highest BCUT2D eigenvalue weighted by Crippen LogP contribution is 2.42. The van der Waals surface area contributed by atoms with Crippen LogP contribution in [0.25, 0.3) is 32.9 Å². The van der Waals surface area contributed by atoms with E-state index in [1.165, 1.54) is 6.08 Å². The predicted molar refractivity (Wildman–Crippen MR) is 166 cm³/mol.